The van der Waals surface area contributed by atoms with Gasteiger partial charge in [-0.3, -0.25) is 0 Å². The van der Waals surface area contributed by atoms with Crippen LogP contribution in [0.1, 0.15) is 55.0 Å². The van der Waals surface area contributed by atoms with Crippen LogP contribution in [0.2, 0.25) is 0 Å². The van der Waals surface area contributed by atoms with Crippen molar-refractivity contribution in [3.05, 3.63) is 57.5 Å². The number of nitrogens with one attached hydrogen (secondary N) is 1. The molecule has 108 valence electrons. The molecule has 1 N–H and O–H groups in total. The van der Waals surface area contributed by atoms with Crippen LogP contribution in [0.25, 0.3) is 0 Å². The highest BCUT2D eigenvalue weighted by Gasteiger charge is 2.17. The third kappa shape index (κ3) is 3.53. The van der Waals surface area contributed by atoms with Gasteiger partial charge in [-0.1, -0.05) is 35.0 Å². The second-order valence-corrected chi connectivity index (χ2v) is 6.19. The van der Waals surface area contributed by atoms with E-state index in [1.807, 2.05) is 13.8 Å². The Labute approximate surface area is 129 Å². The van der Waals surface area contributed by atoms with E-state index in [4.69, 9.17) is 4.42 Å². The van der Waals surface area contributed by atoms with Crippen molar-refractivity contribution in [3.8, 4) is 0 Å². The maximum atomic E-state index is 5.63. The number of hydrogen-bond acceptors (Lipinski definition) is 2. The van der Waals surface area contributed by atoms with Gasteiger partial charge in [0.1, 0.15) is 11.5 Å². The van der Waals surface area contributed by atoms with Gasteiger partial charge in [-0.05, 0) is 51.0 Å². The fraction of sp³-hybridized carbons (Fsp3) is 0.412. The Kier molecular flexibility index (Phi) is 5.06. The maximum absolute atomic E-state index is 5.63. The molecule has 2 aromatic rings. The summed E-state index contributed by atoms with van der Waals surface area (Å²) in [5, 5.41) is 3.70. The van der Waals surface area contributed by atoms with E-state index < -0.39 is 0 Å². The first kappa shape index (κ1) is 15.3. The number of halogens is 1. The van der Waals surface area contributed by atoms with E-state index in [-0.39, 0.29) is 6.04 Å². The van der Waals surface area contributed by atoms with E-state index in [0.29, 0.717) is 6.04 Å². The van der Waals surface area contributed by atoms with Crippen LogP contribution in [0, 0.1) is 13.8 Å². The summed E-state index contributed by atoms with van der Waals surface area (Å²) >= 11 is 3.54. The highest BCUT2D eigenvalue weighted by Crippen LogP contribution is 2.27. The monoisotopic (exact) mass is 335 g/mol. The molecule has 2 unspecified atom stereocenters. The predicted molar refractivity (Wildman–Crippen MR) is 86.9 cm³/mol. The van der Waals surface area contributed by atoms with Gasteiger partial charge >= 0.3 is 0 Å². The van der Waals surface area contributed by atoms with Crippen LogP contribution in [0.3, 0.4) is 0 Å². The highest BCUT2D eigenvalue weighted by atomic mass is 79.9. The predicted octanol–water partition coefficient (Wildman–Crippen LogP) is 5.46. The zero-order valence-electron chi connectivity index (χ0n) is 12.5. The second kappa shape index (κ2) is 6.59. The summed E-state index contributed by atoms with van der Waals surface area (Å²) in [6.45, 7) is 8.42. The molecule has 1 aromatic carbocycles. The Bertz CT molecular complexity index is 576. The van der Waals surface area contributed by atoms with Crippen molar-refractivity contribution < 1.29 is 4.42 Å². The summed E-state index contributed by atoms with van der Waals surface area (Å²) < 4.78 is 6.75. The van der Waals surface area contributed by atoms with Crippen LogP contribution >= 0.6 is 15.9 Å². The fourth-order valence-corrected chi connectivity index (χ4v) is 3.06. The van der Waals surface area contributed by atoms with Crippen molar-refractivity contribution in [1.29, 1.82) is 0 Å². The standard InChI is InChI=1S/C17H22BrNO/c1-5-17(14-7-6-8-15(18)10-14)19-12(3)16-9-11(2)20-13(16)4/h6-10,12,17,19H,5H2,1-4H3. The second-order valence-electron chi connectivity index (χ2n) is 5.27. The Morgan fingerprint density at radius 3 is 2.55 bits per heavy atom. The summed E-state index contributed by atoms with van der Waals surface area (Å²) in [5.41, 5.74) is 2.56. The summed E-state index contributed by atoms with van der Waals surface area (Å²) in [6, 6.07) is 11.2. The number of hydrogen-bond donors (Lipinski definition) is 1. The summed E-state index contributed by atoms with van der Waals surface area (Å²) in [6.07, 6.45) is 1.05. The van der Waals surface area contributed by atoms with E-state index in [9.17, 15) is 0 Å². The molecular weight excluding hydrogens is 314 g/mol. The van der Waals surface area contributed by atoms with Crippen LogP contribution in [-0.2, 0) is 0 Å². The molecule has 0 aliphatic heterocycles. The van der Waals surface area contributed by atoms with Crippen LogP contribution in [0.15, 0.2) is 39.2 Å². The molecule has 1 heterocycles. The minimum atomic E-state index is 0.274. The van der Waals surface area contributed by atoms with Gasteiger partial charge in [0, 0.05) is 22.1 Å². The van der Waals surface area contributed by atoms with E-state index in [2.05, 4.69) is 65.4 Å². The minimum Gasteiger partial charge on any atom is -0.466 e. The Hall–Kier alpha value is -1.06. The lowest BCUT2D eigenvalue weighted by Crippen LogP contribution is -2.24. The van der Waals surface area contributed by atoms with Crippen LogP contribution in [0.5, 0.6) is 0 Å². The number of furan rings is 1. The molecule has 0 spiro atoms. The lowest BCUT2D eigenvalue weighted by molar-refractivity contribution is 0.444. The summed E-state index contributed by atoms with van der Waals surface area (Å²) in [7, 11) is 0. The molecule has 0 aliphatic rings. The fourth-order valence-electron chi connectivity index (χ4n) is 2.65. The van der Waals surface area contributed by atoms with Crippen molar-refractivity contribution in [2.45, 2.75) is 46.2 Å². The van der Waals surface area contributed by atoms with Crippen molar-refractivity contribution in [1.82, 2.24) is 5.32 Å². The molecule has 1 aromatic heterocycles. The lowest BCUT2D eigenvalue weighted by atomic mass is 10.0. The first-order valence-electron chi connectivity index (χ1n) is 7.09. The molecule has 0 fully saturated rings. The molecule has 0 aliphatic carbocycles. The topological polar surface area (TPSA) is 25.2 Å². The zero-order chi connectivity index (χ0) is 14.7. The molecule has 2 nitrogen and oxygen atoms in total. The third-order valence-electron chi connectivity index (χ3n) is 3.66. The molecule has 0 saturated carbocycles. The Balaban J connectivity index is 2.16. The molecule has 2 atom stereocenters. The van der Waals surface area contributed by atoms with Gasteiger partial charge in [0.2, 0.25) is 0 Å². The van der Waals surface area contributed by atoms with Gasteiger partial charge in [-0.2, -0.15) is 0 Å². The number of aryl methyl sites for hydroxylation is 2. The largest absolute Gasteiger partial charge is 0.466 e. The average molecular weight is 336 g/mol. The molecule has 0 amide bonds. The first-order chi connectivity index (χ1) is 9.51. The molecular formula is C17H22BrNO. The van der Waals surface area contributed by atoms with Crippen molar-refractivity contribution in [2.75, 3.05) is 0 Å². The Morgan fingerprint density at radius 1 is 1.25 bits per heavy atom. The van der Waals surface area contributed by atoms with Crippen molar-refractivity contribution in [3.63, 3.8) is 0 Å². The quantitative estimate of drug-likeness (QED) is 0.784. The van der Waals surface area contributed by atoms with Crippen molar-refractivity contribution >= 4 is 15.9 Å². The SMILES string of the molecule is CCC(NC(C)c1cc(C)oc1C)c1cccc(Br)c1. The van der Waals surface area contributed by atoms with E-state index in [1.54, 1.807) is 0 Å². The molecule has 3 heteroatoms. The van der Waals surface area contributed by atoms with Gasteiger partial charge in [0.25, 0.3) is 0 Å². The van der Waals surface area contributed by atoms with E-state index in [1.165, 1.54) is 11.1 Å². The van der Waals surface area contributed by atoms with Crippen molar-refractivity contribution in [2.24, 2.45) is 0 Å². The zero-order valence-corrected chi connectivity index (χ0v) is 14.1. The molecule has 2 rings (SSSR count). The highest BCUT2D eigenvalue weighted by molar-refractivity contribution is 9.10. The normalized spacial score (nSPS) is 14.2. The first-order valence-corrected chi connectivity index (χ1v) is 7.89. The van der Waals surface area contributed by atoms with Gasteiger partial charge in [0.05, 0.1) is 0 Å². The lowest BCUT2D eigenvalue weighted by Gasteiger charge is -2.22. The van der Waals surface area contributed by atoms with E-state index >= 15 is 0 Å². The molecule has 0 radical (unpaired) electrons. The minimum absolute atomic E-state index is 0.274. The van der Waals surface area contributed by atoms with Gasteiger partial charge in [0.15, 0.2) is 0 Å². The number of benzene rings is 1. The van der Waals surface area contributed by atoms with Gasteiger partial charge in [-0.15, -0.1) is 0 Å². The van der Waals surface area contributed by atoms with Crippen LogP contribution in [0.4, 0.5) is 0 Å². The van der Waals surface area contributed by atoms with Gasteiger partial charge < -0.3 is 9.73 Å². The number of rotatable bonds is 5. The molecule has 0 bridgehead atoms. The smallest absolute Gasteiger partial charge is 0.105 e. The van der Waals surface area contributed by atoms with E-state index in [0.717, 1.165) is 22.4 Å². The maximum Gasteiger partial charge on any atom is 0.105 e. The summed E-state index contributed by atoms with van der Waals surface area (Å²) in [5.74, 6) is 1.98. The molecule has 0 saturated heterocycles. The summed E-state index contributed by atoms with van der Waals surface area (Å²) in [4.78, 5) is 0. The third-order valence-corrected chi connectivity index (χ3v) is 4.15. The molecule has 20 heavy (non-hydrogen) atoms. The average Bonchev–Trinajstić information content (AvgIpc) is 2.75. The van der Waals surface area contributed by atoms with Crippen LogP contribution < -0.4 is 5.32 Å². The van der Waals surface area contributed by atoms with Gasteiger partial charge in [-0.25, -0.2) is 0 Å². The van der Waals surface area contributed by atoms with Crippen LogP contribution in [-0.4, -0.2) is 0 Å². The Morgan fingerprint density at radius 2 is 2.00 bits per heavy atom.